The lowest BCUT2D eigenvalue weighted by Gasteiger charge is -2.23. The van der Waals surface area contributed by atoms with Crippen LogP contribution in [0.5, 0.6) is 0 Å². The van der Waals surface area contributed by atoms with Crippen LogP contribution in [0.4, 0.5) is 0 Å². The van der Waals surface area contributed by atoms with Crippen LogP contribution in [0.3, 0.4) is 0 Å². The summed E-state index contributed by atoms with van der Waals surface area (Å²) in [5, 5.41) is 3.63. The molecule has 0 heterocycles. The van der Waals surface area contributed by atoms with Crippen LogP contribution in [0.25, 0.3) is 0 Å². The smallest absolute Gasteiger partial charge is 0.0518 e. The molecule has 1 aromatic rings. The van der Waals surface area contributed by atoms with Gasteiger partial charge in [0, 0.05) is 12.6 Å². The molecule has 1 aromatic carbocycles. The van der Waals surface area contributed by atoms with Crippen molar-refractivity contribution >= 4 is 0 Å². The fourth-order valence-electron chi connectivity index (χ4n) is 2.05. The molecular weight excluding hydrogens is 222 g/mol. The van der Waals surface area contributed by atoms with Gasteiger partial charge in [-0.2, -0.15) is 0 Å². The largest absolute Gasteiger partial charge is 0.379 e. The van der Waals surface area contributed by atoms with Gasteiger partial charge in [-0.1, -0.05) is 44.2 Å². The molecule has 0 fully saturated rings. The minimum atomic E-state index is 0.333. The highest BCUT2D eigenvalue weighted by atomic mass is 16.5. The van der Waals surface area contributed by atoms with Gasteiger partial charge in [-0.25, -0.2) is 0 Å². The summed E-state index contributed by atoms with van der Waals surface area (Å²) in [4.78, 5) is 0. The van der Waals surface area contributed by atoms with Gasteiger partial charge in [-0.05, 0) is 38.3 Å². The zero-order valence-electron chi connectivity index (χ0n) is 12.1. The number of benzene rings is 1. The van der Waals surface area contributed by atoms with Gasteiger partial charge in [0.2, 0.25) is 0 Å². The molecule has 0 saturated heterocycles. The Labute approximate surface area is 112 Å². The number of nitrogens with one attached hydrogen (secondary N) is 1. The SMILES string of the molecule is CC(C)OCCCNC(c1ccccc1)C(C)C. The van der Waals surface area contributed by atoms with Crippen molar-refractivity contribution in [1.29, 1.82) is 0 Å². The number of ether oxygens (including phenoxy) is 1. The van der Waals surface area contributed by atoms with Gasteiger partial charge in [0.25, 0.3) is 0 Å². The molecule has 0 aliphatic rings. The van der Waals surface area contributed by atoms with Gasteiger partial charge in [0.15, 0.2) is 0 Å². The average molecular weight is 249 g/mol. The Kier molecular flexibility index (Phi) is 6.99. The summed E-state index contributed by atoms with van der Waals surface area (Å²) in [5.74, 6) is 0.596. The molecular formula is C16H27NO. The Morgan fingerprint density at radius 1 is 1.06 bits per heavy atom. The molecule has 1 atom stereocenters. The first-order chi connectivity index (χ1) is 8.61. The van der Waals surface area contributed by atoms with Crippen molar-refractivity contribution < 1.29 is 4.74 Å². The molecule has 0 aromatic heterocycles. The summed E-state index contributed by atoms with van der Waals surface area (Å²) in [6.07, 6.45) is 1.40. The molecule has 1 N–H and O–H groups in total. The van der Waals surface area contributed by atoms with Gasteiger partial charge < -0.3 is 10.1 Å². The lowest BCUT2D eigenvalue weighted by atomic mass is 9.96. The minimum absolute atomic E-state index is 0.333. The van der Waals surface area contributed by atoms with Gasteiger partial charge in [0.1, 0.15) is 0 Å². The molecule has 0 spiro atoms. The van der Waals surface area contributed by atoms with Crippen LogP contribution in [-0.4, -0.2) is 19.3 Å². The third-order valence-corrected chi connectivity index (χ3v) is 2.96. The summed E-state index contributed by atoms with van der Waals surface area (Å²) in [7, 11) is 0. The first-order valence-electron chi connectivity index (χ1n) is 7.01. The quantitative estimate of drug-likeness (QED) is 0.708. The van der Waals surface area contributed by atoms with Crippen molar-refractivity contribution in [2.75, 3.05) is 13.2 Å². The van der Waals surface area contributed by atoms with Crippen molar-refractivity contribution in [2.45, 2.75) is 46.3 Å². The monoisotopic (exact) mass is 249 g/mol. The van der Waals surface area contributed by atoms with Crippen LogP contribution in [0.2, 0.25) is 0 Å². The van der Waals surface area contributed by atoms with Gasteiger partial charge >= 0.3 is 0 Å². The highest BCUT2D eigenvalue weighted by Gasteiger charge is 2.14. The van der Waals surface area contributed by atoms with E-state index in [0.717, 1.165) is 19.6 Å². The molecule has 2 heteroatoms. The van der Waals surface area contributed by atoms with E-state index < -0.39 is 0 Å². The summed E-state index contributed by atoms with van der Waals surface area (Å²) in [6, 6.07) is 11.1. The van der Waals surface area contributed by atoms with E-state index in [9.17, 15) is 0 Å². The van der Waals surface area contributed by atoms with Crippen LogP contribution in [0.15, 0.2) is 30.3 Å². The van der Waals surface area contributed by atoms with Gasteiger partial charge in [-0.15, -0.1) is 0 Å². The van der Waals surface area contributed by atoms with Crippen molar-refractivity contribution in [3.8, 4) is 0 Å². The van der Waals surface area contributed by atoms with E-state index in [0.29, 0.717) is 18.1 Å². The Balaban J connectivity index is 2.36. The maximum absolute atomic E-state index is 5.55. The normalized spacial score (nSPS) is 13.2. The summed E-state index contributed by atoms with van der Waals surface area (Å²) < 4.78 is 5.55. The molecule has 0 bridgehead atoms. The lowest BCUT2D eigenvalue weighted by molar-refractivity contribution is 0.0764. The van der Waals surface area contributed by atoms with E-state index in [1.54, 1.807) is 0 Å². The highest BCUT2D eigenvalue weighted by Crippen LogP contribution is 2.20. The summed E-state index contributed by atoms with van der Waals surface area (Å²) >= 11 is 0. The van der Waals surface area contributed by atoms with Crippen LogP contribution in [-0.2, 0) is 4.74 Å². The first-order valence-corrected chi connectivity index (χ1v) is 7.01. The zero-order chi connectivity index (χ0) is 13.4. The molecule has 0 saturated carbocycles. The number of rotatable bonds is 8. The molecule has 0 aliphatic carbocycles. The molecule has 102 valence electrons. The molecule has 1 rings (SSSR count). The zero-order valence-corrected chi connectivity index (χ0v) is 12.1. The Morgan fingerprint density at radius 3 is 2.28 bits per heavy atom. The highest BCUT2D eigenvalue weighted by molar-refractivity contribution is 5.19. The maximum Gasteiger partial charge on any atom is 0.0518 e. The standard InChI is InChI=1S/C16H27NO/c1-13(2)16(15-9-6-5-7-10-15)17-11-8-12-18-14(3)4/h5-7,9-10,13-14,16-17H,8,11-12H2,1-4H3. The molecule has 2 nitrogen and oxygen atoms in total. The van der Waals surface area contributed by atoms with Crippen LogP contribution < -0.4 is 5.32 Å². The molecule has 1 unspecified atom stereocenters. The van der Waals surface area contributed by atoms with Crippen LogP contribution >= 0.6 is 0 Å². The number of hydrogen-bond donors (Lipinski definition) is 1. The third kappa shape index (κ3) is 5.65. The second kappa shape index (κ2) is 8.28. The lowest BCUT2D eigenvalue weighted by Crippen LogP contribution is -2.27. The van der Waals surface area contributed by atoms with Crippen molar-refractivity contribution in [3.63, 3.8) is 0 Å². The van der Waals surface area contributed by atoms with Crippen molar-refractivity contribution in [2.24, 2.45) is 5.92 Å². The van der Waals surface area contributed by atoms with E-state index >= 15 is 0 Å². The molecule has 0 aliphatic heterocycles. The van der Waals surface area contributed by atoms with Crippen LogP contribution in [0, 0.1) is 5.92 Å². The van der Waals surface area contributed by atoms with E-state index in [2.05, 4.69) is 63.3 Å². The third-order valence-electron chi connectivity index (χ3n) is 2.96. The maximum atomic E-state index is 5.55. The van der Waals surface area contributed by atoms with Crippen molar-refractivity contribution in [3.05, 3.63) is 35.9 Å². The van der Waals surface area contributed by atoms with E-state index in [4.69, 9.17) is 4.74 Å². The Hall–Kier alpha value is -0.860. The van der Waals surface area contributed by atoms with Gasteiger partial charge in [0.05, 0.1) is 6.10 Å². The topological polar surface area (TPSA) is 21.3 Å². The van der Waals surface area contributed by atoms with E-state index in [1.165, 1.54) is 5.56 Å². The predicted octanol–water partition coefficient (Wildman–Crippen LogP) is 3.79. The molecule has 0 radical (unpaired) electrons. The molecule has 18 heavy (non-hydrogen) atoms. The Bertz CT molecular complexity index is 308. The summed E-state index contributed by atoms with van der Waals surface area (Å²) in [5.41, 5.74) is 1.37. The average Bonchev–Trinajstić information content (AvgIpc) is 2.34. The van der Waals surface area contributed by atoms with E-state index in [1.807, 2.05) is 0 Å². The van der Waals surface area contributed by atoms with E-state index in [-0.39, 0.29) is 0 Å². The molecule has 0 amide bonds. The minimum Gasteiger partial charge on any atom is -0.379 e. The number of hydrogen-bond acceptors (Lipinski definition) is 2. The Morgan fingerprint density at radius 2 is 1.72 bits per heavy atom. The second-order valence-corrected chi connectivity index (χ2v) is 5.36. The van der Waals surface area contributed by atoms with Crippen LogP contribution in [0.1, 0.15) is 45.7 Å². The predicted molar refractivity (Wildman–Crippen MR) is 77.7 cm³/mol. The summed E-state index contributed by atoms with van der Waals surface area (Å²) in [6.45, 7) is 10.5. The van der Waals surface area contributed by atoms with Crippen molar-refractivity contribution in [1.82, 2.24) is 5.32 Å². The second-order valence-electron chi connectivity index (χ2n) is 5.36. The van der Waals surface area contributed by atoms with Gasteiger partial charge in [-0.3, -0.25) is 0 Å². The fourth-order valence-corrected chi connectivity index (χ4v) is 2.05. The fraction of sp³-hybridized carbons (Fsp3) is 0.625. The first kappa shape index (κ1) is 15.2.